The van der Waals surface area contributed by atoms with Gasteiger partial charge in [-0.15, -0.1) is 0 Å². The van der Waals surface area contributed by atoms with E-state index >= 15 is 0 Å². The second kappa shape index (κ2) is 4.35. The molecule has 0 fully saturated rings. The lowest BCUT2D eigenvalue weighted by Crippen LogP contribution is -2.25. The van der Waals surface area contributed by atoms with Crippen LogP contribution in [0.2, 0.25) is 5.02 Å². The predicted molar refractivity (Wildman–Crippen MR) is 60.0 cm³/mol. The van der Waals surface area contributed by atoms with Crippen LogP contribution in [0.15, 0.2) is 12.1 Å². The molecule has 0 N–H and O–H groups in total. The Kier molecular flexibility index (Phi) is 3.14. The molecule has 0 bridgehead atoms. The van der Waals surface area contributed by atoms with Crippen LogP contribution in [-0.2, 0) is 11.0 Å². The van der Waals surface area contributed by atoms with Crippen LogP contribution in [-0.4, -0.2) is 19.6 Å². The van der Waals surface area contributed by atoms with Gasteiger partial charge in [-0.25, -0.2) is 0 Å². The van der Waals surface area contributed by atoms with Gasteiger partial charge in [0.15, 0.2) is 5.75 Å². The molecule has 0 saturated heterocycles. The third-order valence-electron chi connectivity index (χ3n) is 2.64. The molecule has 0 aliphatic carbocycles. The third-order valence-corrected chi connectivity index (χ3v) is 2.86. The maximum absolute atomic E-state index is 12.9. The molecule has 0 atom stereocenters. The van der Waals surface area contributed by atoms with Gasteiger partial charge in [0.05, 0.1) is 18.7 Å². The molecular formula is C11H9ClF3NO2. The number of rotatable bonds is 0. The number of anilines is 1. The Hall–Kier alpha value is -1.43. The molecule has 1 aliphatic rings. The zero-order valence-corrected chi connectivity index (χ0v) is 10.1. The van der Waals surface area contributed by atoms with Crippen LogP contribution in [0.4, 0.5) is 18.9 Å². The summed E-state index contributed by atoms with van der Waals surface area (Å²) in [5.74, 6) is -0.663. The van der Waals surface area contributed by atoms with E-state index in [1.807, 2.05) is 0 Å². The monoisotopic (exact) mass is 279 g/mol. The average Bonchev–Trinajstić information content (AvgIpc) is 2.39. The van der Waals surface area contributed by atoms with E-state index in [9.17, 15) is 18.0 Å². The minimum Gasteiger partial charge on any atom is -0.490 e. The van der Waals surface area contributed by atoms with Crippen molar-refractivity contribution < 1.29 is 22.7 Å². The number of carbonyl (C=O) groups is 1. The Bertz CT molecular complexity index is 502. The number of hydrogen-bond donors (Lipinski definition) is 0. The van der Waals surface area contributed by atoms with Gasteiger partial charge in [0.2, 0.25) is 5.91 Å². The van der Waals surface area contributed by atoms with Gasteiger partial charge in [0.1, 0.15) is 5.56 Å². The SMILES string of the molecule is CN1C(=O)CCOc2c1cc(Cl)cc2C(F)(F)F. The van der Waals surface area contributed by atoms with Crippen LogP contribution >= 0.6 is 11.6 Å². The van der Waals surface area contributed by atoms with Crippen molar-refractivity contribution in [3.8, 4) is 5.75 Å². The molecule has 1 aromatic carbocycles. The fourth-order valence-electron chi connectivity index (χ4n) is 1.73. The molecule has 0 saturated carbocycles. The Morgan fingerprint density at radius 2 is 2.06 bits per heavy atom. The van der Waals surface area contributed by atoms with Crippen molar-refractivity contribution in [3.05, 3.63) is 22.7 Å². The maximum Gasteiger partial charge on any atom is 0.420 e. The van der Waals surface area contributed by atoms with Gasteiger partial charge in [-0.2, -0.15) is 13.2 Å². The van der Waals surface area contributed by atoms with E-state index < -0.39 is 11.7 Å². The lowest BCUT2D eigenvalue weighted by molar-refractivity contribution is -0.138. The fraction of sp³-hybridized carbons (Fsp3) is 0.364. The topological polar surface area (TPSA) is 29.5 Å². The molecule has 98 valence electrons. The van der Waals surface area contributed by atoms with Crippen molar-refractivity contribution in [1.82, 2.24) is 0 Å². The highest BCUT2D eigenvalue weighted by atomic mass is 35.5. The summed E-state index contributed by atoms with van der Waals surface area (Å²) in [5, 5.41) is -0.0915. The molecule has 0 radical (unpaired) electrons. The molecule has 1 amide bonds. The summed E-state index contributed by atoms with van der Waals surface area (Å²) < 4.78 is 43.7. The number of alkyl halides is 3. The number of amides is 1. The number of carbonyl (C=O) groups excluding carboxylic acids is 1. The molecule has 0 unspecified atom stereocenters. The summed E-state index contributed by atoms with van der Waals surface area (Å²) in [6.07, 6.45) is -4.55. The zero-order valence-electron chi connectivity index (χ0n) is 9.34. The molecule has 0 spiro atoms. The van der Waals surface area contributed by atoms with Crippen molar-refractivity contribution >= 4 is 23.2 Å². The molecule has 2 rings (SSSR count). The summed E-state index contributed by atoms with van der Waals surface area (Å²) in [4.78, 5) is 12.7. The van der Waals surface area contributed by atoms with E-state index in [1.54, 1.807) is 0 Å². The lowest BCUT2D eigenvalue weighted by Gasteiger charge is -2.20. The van der Waals surface area contributed by atoms with Crippen molar-refractivity contribution in [3.63, 3.8) is 0 Å². The van der Waals surface area contributed by atoms with Crippen LogP contribution in [0, 0.1) is 0 Å². The lowest BCUT2D eigenvalue weighted by atomic mass is 10.1. The average molecular weight is 280 g/mol. The highest BCUT2D eigenvalue weighted by Gasteiger charge is 2.38. The summed E-state index contributed by atoms with van der Waals surface area (Å²) in [6.45, 7) is -0.0825. The normalized spacial score (nSPS) is 16.1. The number of nitrogens with zero attached hydrogens (tertiary/aromatic N) is 1. The van der Waals surface area contributed by atoms with Gasteiger partial charge in [0, 0.05) is 12.1 Å². The summed E-state index contributed by atoms with van der Waals surface area (Å²) in [6, 6.07) is 2.08. The molecule has 3 nitrogen and oxygen atoms in total. The molecule has 1 heterocycles. The highest BCUT2D eigenvalue weighted by molar-refractivity contribution is 6.31. The smallest absolute Gasteiger partial charge is 0.420 e. The first-order chi connectivity index (χ1) is 8.30. The van der Waals surface area contributed by atoms with Crippen molar-refractivity contribution in [2.45, 2.75) is 12.6 Å². The first kappa shape index (κ1) is 13.0. The summed E-state index contributed by atoms with van der Waals surface area (Å²) in [5.41, 5.74) is -0.927. The maximum atomic E-state index is 12.9. The van der Waals surface area contributed by atoms with E-state index in [4.69, 9.17) is 16.3 Å². The number of benzene rings is 1. The van der Waals surface area contributed by atoms with Crippen molar-refractivity contribution in [1.29, 1.82) is 0 Å². The van der Waals surface area contributed by atoms with Crippen LogP contribution in [0.3, 0.4) is 0 Å². The van der Waals surface area contributed by atoms with E-state index in [0.717, 1.165) is 11.0 Å². The van der Waals surface area contributed by atoms with Crippen LogP contribution < -0.4 is 9.64 Å². The second-order valence-electron chi connectivity index (χ2n) is 3.85. The molecule has 1 aliphatic heterocycles. The van der Waals surface area contributed by atoms with Crippen LogP contribution in [0.25, 0.3) is 0 Å². The van der Waals surface area contributed by atoms with Gasteiger partial charge < -0.3 is 9.64 Å². The Morgan fingerprint density at radius 3 is 2.67 bits per heavy atom. The van der Waals surface area contributed by atoms with Gasteiger partial charge >= 0.3 is 6.18 Å². The van der Waals surface area contributed by atoms with Gasteiger partial charge in [-0.05, 0) is 12.1 Å². The predicted octanol–water partition coefficient (Wildman–Crippen LogP) is 3.10. The minimum atomic E-state index is -4.58. The molecule has 1 aromatic rings. The van der Waals surface area contributed by atoms with E-state index in [2.05, 4.69) is 0 Å². The van der Waals surface area contributed by atoms with E-state index in [1.165, 1.54) is 13.1 Å². The van der Waals surface area contributed by atoms with Gasteiger partial charge in [-0.3, -0.25) is 4.79 Å². The number of hydrogen-bond acceptors (Lipinski definition) is 2. The second-order valence-corrected chi connectivity index (χ2v) is 4.29. The molecule has 0 aromatic heterocycles. The van der Waals surface area contributed by atoms with Crippen molar-refractivity contribution in [2.24, 2.45) is 0 Å². The van der Waals surface area contributed by atoms with Gasteiger partial charge in [0.25, 0.3) is 0 Å². The number of halogens is 4. The van der Waals surface area contributed by atoms with Gasteiger partial charge in [-0.1, -0.05) is 11.6 Å². The summed E-state index contributed by atoms with van der Waals surface area (Å²) >= 11 is 5.66. The minimum absolute atomic E-state index is 0.0279. The Morgan fingerprint density at radius 1 is 1.39 bits per heavy atom. The Balaban J connectivity index is 2.66. The van der Waals surface area contributed by atoms with Crippen LogP contribution in [0.5, 0.6) is 5.75 Å². The number of ether oxygens (including phenoxy) is 1. The standard InChI is InChI=1S/C11H9ClF3NO2/c1-16-8-5-6(12)4-7(11(13,14)15)10(8)18-3-2-9(16)17/h4-5H,2-3H2,1H3. The van der Waals surface area contributed by atoms with E-state index in [-0.39, 0.29) is 35.4 Å². The van der Waals surface area contributed by atoms with Crippen LogP contribution in [0.1, 0.15) is 12.0 Å². The van der Waals surface area contributed by atoms with E-state index in [0.29, 0.717) is 0 Å². The summed E-state index contributed by atoms with van der Waals surface area (Å²) in [7, 11) is 1.40. The molecule has 7 heteroatoms. The highest BCUT2D eigenvalue weighted by Crippen LogP contribution is 2.44. The Labute approximate surface area is 106 Å². The molecular weight excluding hydrogens is 271 g/mol. The third kappa shape index (κ3) is 2.25. The quantitative estimate of drug-likeness (QED) is 0.730. The fourth-order valence-corrected chi connectivity index (χ4v) is 1.95. The van der Waals surface area contributed by atoms with Crippen molar-refractivity contribution in [2.75, 3.05) is 18.6 Å². The largest absolute Gasteiger partial charge is 0.490 e. The zero-order chi connectivity index (χ0) is 13.5. The first-order valence-corrected chi connectivity index (χ1v) is 5.48. The first-order valence-electron chi connectivity index (χ1n) is 5.11. The number of fused-ring (bicyclic) bond motifs is 1. The molecule has 18 heavy (non-hydrogen) atoms.